The van der Waals surface area contributed by atoms with Crippen LogP contribution in [0.25, 0.3) is 0 Å². The van der Waals surface area contributed by atoms with Crippen LogP contribution < -0.4 is 0 Å². The Balaban J connectivity index is 3.90. The van der Waals surface area contributed by atoms with Crippen molar-refractivity contribution in [2.45, 2.75) is 45.5 Å². The third-order valence-electron chi connectivity index (χ3n) is 0.924. The van der Waals surface area contributed by atoms with Crippen LogP contribution >= 0.6 is 0 Å². The summed E-state index contributed by atoms with van der Waals surface area (Å²) in [5.74, 6) is 0. The summed E-state index contributed by atoms with van der Waals surface area (Å²) in [7, 11) is 0. The highest BCUT2D eigenvalue weighted by Gasteiger charge is 1.92. The third kappa shape index (κ3) is 5.96. The maximum Gasteiger partial charge on any atom is 0.0512 e. The monoisotopic (exact) mass is 121 g/mol. The minimum Gasteiger partial charge on any atom is -0.393 e. The first kappa shape index (κ1) is 2.70. The zero-order valence-electron chi connectivity index (χ0n) is 10.1. The summed E-state index contributed by atoms with van der Waals surface area (Å²) < 4.78 is 35.2. The van der Waals surface area contributed by atoms with E-state index in [2.05, 4.69) is 0 Å². The van der Waals surface area contributed by atoms with Gasteiger partial charge in [-0.25, -0.2) is 0 Å². The Morgan fingerprint density at radius 3 is 3.00 bits per heavy atom. The van der Waals surface area contributed by atoms with Crippen molar-refractivity contribution in [2.24, 2.45) is 0 Å². The van der Waals surface area contributed by atoms with Gasteiger partial charge in [-0.05, 0) is 13.3 Å². The van der Waals surface area contributed by atoms with Gasteiger partial charge in [0.1, 0.15) is 0 Å². The van der Waals surface area contributed by atoms with E-state index in [1.165, 1.54) is 0 Å². The molecule has 0 aromatic carbocycles. The number of hydrogen-bond acceptors (Lipinski definition) is 1. The Morgan fingerprint density at radius 1 is 1.75 bits per heavy atom. The molecule has 0 spiro atoms. The minimum absolute atomic E-state index is 0.0333. The van der Waals surface area contributed by atoms with Gasteiger partial charge in [-0.1, -0.05) is 26.1 Å². The Kier molecular flexibility index (Phi) is 1.72. The molecule has 1 N–H and O–H groups in total. The molecule has 0 aromatic rings. The van der Waals surface area contributed by atoms with Crippen LogP contribution in [0.4, 0.5) is 0 Å². The van der Waals surface area contributed by atoms with Crippen molar-refractivity contribution in [1.82, 2.24) is 0 Å². The highest BCUT2D eigenvalue weighted by molar-refractivity contribution is 4.45. The molecule has 0 radical (unpaired) electrons. The van der Waals surface area contributed by atoms with Gasteiger partial charge in [0.05, 0.1) is 6.10 Å². The summed E-state index contributed by atoms with van der Waals surface area (Å²) in [5, 5.41) is 8.89. The van der Waals surface area contributed by atoms with Gasteiger partial charge in [-0.15, -0.1) is 0 Å². The highest BCUT2D eigenvalue weighted by atomic mass is 16.3. The molecule has 1 nitrogen and oxygen atoms in total. The fourth-order valence-corrected chi connectivity index (χ4v) is 0.486. The normalized spacial score (nSPS) is 26.5. The Labute approximate surface area is 58.7 Å². The smallest absolute Gasteiger partial charge is 0.0512 e. The second kappa shape index (κ2) is 5.10. The first-order valence-electron chi connectivity index (χ1n) is 5.35. The minimum atomic E-state index is -2.56. The van der Waals surface area contributed by atoms with Gasteiger partial charge in [-0.2, -0.15) is 0 Å². The first-order chi connectivity index (χ1) is 5.67. The van der Waals surface area contributed by atoms with Crippen molar-refractivity contribution in [3.63, 3.8) is 0 Å². The average Bonchev–Trinajstić information content (AvgIpc) is 1.82. The molecular weight excluding hydrogens is 100 g/mol. The molecule has 8 heavy (non-hydrogen) atoms. The van der Waals surface area contributed by atoms with Gasteiger partial charge < -0.3 is 5.11 Å². The van der Waals surface area contributed by atoms with Crippen LogP contribution in [0.2, 0.25) is 0 Å². The van der Waals surface area contributed by atoms with Crippen LogP contribution in [0.5, 0.6) is 0 Å². The van der Waals surface area contributed by atoms with Gasteiger partial charge in [-0.3, -0.25) is 0 Å². The summed E-state index contributed by atoms with van der Waals surface area (Å²) in [4.78, 5) is 0. The fraction of sp³-hybridized carbons (Fsp3) is 1.00. The highest BCUT2D eigenvalue weighted by Crippen LogP contribution is 2.01. The Hall–Kier alpha value is -0.0400. The van der Waals surface area contributed by atoms with Gasteiger partial charge >= 0.3 is 0 Å². The van der Waals surface area contributed by atoms with Crippen LogP contribution in [0.1, 0.15) is 46.3 Å². The second-order valence-corrected chi connectivity index (χ2v) is 1.92. The van der Waals surface area contributed by atoms with E-state index in [0.29, 0.717) is 12.8 Å². The van der Waals surface area contributed by atoms with E-state index in [1.807, 2.05) is 0 Å². The Morgan fingerprint density at radius 2 is 2.50 bits per heavy atom. The van der Waals surface area contributed by atoms with Crippen LogP contribution in [0.3, 0.4) is 0 Å². The number of aliphatic hydroxyl groups excluding tert-OH is 1. The van der Waals surface area contributed by atoms with Gasteiger partial charge in [0.2, 0.25) is 0 Å². The number of rotatable bonds is 4. The lowest BCUT2D eigenvalue weighted by Crippen LogP contribution is -1.97. The summed E-state index contributed by atoms with van der Waals surface area (Å²) in [5.41, 5.74) is 0. The largest absolute Gasteiger partial charge is 0.393 e. The number of hydrogen-bond donors (Lipinski definition) is 1. The number of aliphatic hydroxyl groups is 1. The maximum absolute atomic E-state index is 8.89. The molecule has 1 unspecified atom stereocenters. The summed E-state index contributed by atoms with van der Waals surface area (Å²) >= 11 is 0. The van der Waals surface area contributed by atoms with Gasteiger partial charge in [0, 0.05) is 6.85 Å². The molecule has 0 saturated carbocycles. The predicted molar refractivity (Wildman–Crippen MR) is 35.8 cm³/mol. The van der Waals surface area contributed by atoms with Crippen molar-refractivity contribution < 1.29 is 12.0 Å². The van der Waals surface area contributed by atoms with Crippen molar-refractivity contribution in [2.75, 3.05) is 0 Å². The van der Waals surface area contributed by atoms with Gasteiger partial charge in [0.15, 0.2) is 0 Å². The Bertz CT molecular complexity index is 151. The van der Waals surface area contributed by atoms with Crippen LogP contribution in [0, 0.1) is 0 Å². The van der Waals surface area contributed by atoms with E-state index in [0.717, 1.165) is 0 Å². The molecule has 0 aliphatic heterocycles. The first-order valence-corrected chi connectivity index (χ1v) is 2.85. The molecule has 0 saturated heterocycles. The molecule has 1 atom stereocenters. The summed E-state index contributed by atoms with van der Waals surface area (Å²) in [6.07, 6.45) is -1.83. The molecular formula is C7H16O. The lowest BCUT2D eigenvalue weighted by atomic mass is 10.1. The predicted octanol–water partition coefficient (Wildman–Crippen LogP) is 1.95. The van der Waals surface area contributed by atoms with E-state index in [1.54, 1.807) is 6.92 Å². The molecule has 0 bridgehead atoms. The van der Waals surface area contributed by atoms with E-state index < -0.39 is 19.3 Å². The molecule has 50 valence electrons. The molecule has 1 heteroatoms. The SMILES string of the molecule is [2H]C([2H])([2H])C([2H])([2H])CCCC(C)O. The second-order valence-electron chi connectivity index (χ2n) is 1.92. The van der Waals surface area contributed by atoms with E-state index in [-0.39, 0.29) is 6.42 Å². The van der Waals surface area contributed by atoms with Gasteiger partial charge in [0.25, 0.3) is 0 Å². The van der Waals surface area contributed by atoms with Crippen LogP contribution in [-0.4, -0.2) is 11.2 Å². The maximum atomic E-state index is 8.89. The summed E-state index contributed by atoms with van der Waals surface area (Å²) in [6.45, 7) is -0.962. The van der Waals surface area contributed by atoms with Crippen LogP contribution in [0.15, 0.2) is 0 Å². The zero-order chi connectivity index (χ0) is 10.7. The molecule has 0 amide bonds. The fourth-order valence-electron chi connectivity index (χ4n) is 0.486. The lowest BCUT2D eigenvalue weighted by molar-refractivity contribution is 0.180. The lowest BCUT2D eigenvalue weighted by Gasteiger charge is -2.00. The van der Waals surface area contributed by atoms with Crippen molar-refractivity contribution >= 4 is 0 Å². The van der Waals surface area contributed by atoms with E-state index in [9.17, 15) is 0 Å². The third-order valence-corrected chi connectivity index (χ3v) is 0.924. The summed E-state index contributed by atoms with van der Waals surface area (Å²) in [6, 6.07) is 0. The van der Waals surface area contributed by atoms with E-state index >= 15 is 0 Å². The standard InChI is InChI=1S/C7H16O/c1-3-4-5-6-7(2)8/h7-8H,3-6H2,1-2H3/i1D3,3D2. The quantitative estimate of drug-likeness (QED) is 0.602. The van der Waals surface area contributed by atoms with Crippen molar-refractivity contribution in [1.29, 1.82) is 0 Å². The molecule has 0 aromatic heterocycles. The molecule has 0 rings (SSSR count). The topological polar surface area (TPSA) is 20.2 Å². The zero-order valence-corrected chi connectivity index (χ0v) is 5.15. The molecule has 0 fully saturated rings. The molecule has 0 aliphatic rings. The van der Waals surface area contributed by atoms with E-state index in [4.69, 9.17) is 12.0 Å². The molecule has 0 heterocycles. The van der Waals surface area contributed by atoms with Crippen molar-refractivity contribution in [3.05, 3.63) is 0 Å². The average molecular weight is 121 g/mol. The van der Waals surface area contributed by atoms with Crippen LogP contribution in [-0.2, 0) is 0 Å². The van der Waals surface area contributed by atoms with Crippen molar-refractivity contribution in [3.8, 4) is 0 Å². The molecule has 0 aliphatic carbocycles.